The fourth-order valence-electron chi connectivity index (χ4n) is 4.02. The predicted molar refractivity (Wildman–Crippen MR) is 110 cm³/mol. The molecule has 2 aromatic heterocycles. The van der Waals surface area contributed by atoms with Crippen LogP contribution in [-0.2, 0) is 11.3 Å². The third-order valence-corrected chi connectivity index (χ3v) is 5.63. The van der Waals surface area contributed by atoms with Crippen molar-refractivity contribution in [3.8, 4) is 5.88 Å². The molecule has 0 amide bonds. The van der Waals surface area contributed by atoms with Gasteiger partial charge in [-0.15, -0.1) is 0 Å². The van der Waals surface area contributed by atoms with Crippen molar-refractivity contribution in [3.63, 3.8) is 0 Å². The first kappa shape index (κ1) is 18.3. The summed E-state index contributed by atoms with van der Waals surface area (Å²) in [6, 6.07) is 8.48. The molecule has 8 heteroatoms. The Morgan fingerprint density at radius 3 is 2.83 bits per heavy atom. The van der Waals surface area contributed by atoms with E-state index in [2.05, 4.69) is 54.2 Å². The molecule has 1 unspecified atom stereocenters. The van der Waals surface area contributed by atoms with Gasteiger partial charge in [0.25, 0.3) is 0 Å². The Hall–Kier alpha value is -2.71. The van der Waals surface area contributed by atoms with Crippen molar-refractivity contribution in [2.24, 2.45) is 0 Å². The van der Waals surface area contributed by atoms with E-state index in [4.69, 9.17) is 9.47 Å². The highest BCUT2D eigenvalue weighted by Gasteiger charge is 2.21. The number of aromatic amines is 1. The molecule has 5 rings (SSSR count). The highest BCUT2D eigenvalue weighted by Crippen LogP contribution is 2.29. The first-order chi connectivity index (χ1) is 14.2. The molecule has 2 saturated heterocycles. The number of aromatic nitrogens is 4. The lowest BCUT2D eigenvalue weighted by Crippen LogP contribution is -2.46. The topological polar surface area (TPSA) is 79.4 Å². The zero-order chi connectivity index (χ0) is 19.6. The summed E-state index contributed by atoms with van der Waals surface area (Å²) in [5, 5.41) is 8.34. The van der Waals surface area contributed by atoms with Crippen LogP contribution in [0.25, 0.3) is 10.9 Å². The minimum Gasteiger partial charge on any atom is -0.471 e. The zero-order valence-electron chi connectivity index (χ0n) is 16.7. The van der Waals surface area contributed by atoms with Crippen LogP contribution in [-0.4, -0.2) is 70.6 Å². The minimum atomic E-state index is 0.0750. The fraction of sp³-hybridized carbons (Fsp3) is 0.476. The van der Waals surface area contributed by atoms with Crippen LogP contribution < -0.4 is 9.64 Å². The fourth-order valence-corrected chi connectivity index (χ4v) is 4.02. The predicted octanol–water partition coefficient (Wildman–Crippen LogP) is 2.15. The normalized spacial score (nSPS) is 20.4. The molecular weight excluding hydrogens is 368 g/mol. The molecule has 8 nitrogen and oxygen atoms in total. The van der Waals surface area contributed by atoms with E-state index in [9.17, 15) is 0 Å². The lowest BCUT2D eigenvalue weighted by Gasteiger charge is -2.35. The molecule has 2 aliphatic heterocycles. The highest BCUT2D eigenvalue weighted by molar-refractivity contribution is 5.86. The Labute approximate surface area is 169 Å². The molecule has 1 N–H and O–H groups in total. The van der Waals surface area contributed by atoms with Crippen molar-refractivity contribution in [1.29, 1.82) is 0 Å². The number of H-pyrrole nitrogens is 1. The van der Waals surface area contributed by atoms with E-state index in [1.165, 1.54) is 5.69 Å². The first-order valence-electron chi connectivity index (χ1n) is 10.2. The van der Waals surface area contributed by atoms with Crippen molar-refractivity contribution >= 4 is 16.6 Å². The monoisotopic (exact) mass is 394 g/mol. The molecule has 0 spiro atoms. The number of hydrogen-bond acceptors (Lipinski definition) is 7. The van der Waals surface area contributed by atoms with Gasteiger partial charge in [0.05, 0.1) is 29.8 Å². The van der Waals surface area contributed by atoms with Crippen LogP contribution in [0.15, 0.2) is 30.6 Å². The summed E-state index contributed by atoms with van der Waals surface area (Å²) < 4.78 is 11.5. The standard InChI is InChI=1S/C21H26N6O2/c1-15-10-16(25-24-15)12-26-5-7-27(8-6-26)17-2-3-20-19(11-17)21(23-14-22-20)29-18-4-9-28-13-18/h2-3,10-11,14,18H,4-9,12-13H2,1H3,(H,24,25). The number of hydrogen-bond donors (Lipinski definition) is 1. The number of rotatable bonds is 5. The Morgan fingerprint density at radius 1 is 1.17 bits per heavy atom. The Bertz CT molecular complexity index is 976. The summed E-state index contributed by atoms with van der Waals surface area (Å²) in [6.45, 7) is 8.30. The third kappa shape index (κ3) is 4.04. The van der Waals surface area contributed by atoms with E-state index in [1.54, 1.807) is 6.33 Å². The molecule has 4 heterocycles. The summed E-state index contributed by atoms with van der Waals surface area (Å²) in [6.07, 6.45) is 2.55. The van der Waals surface area contributed by atoms with Gasteiger partial charge in [-0.05, 0) is 31.2 Å². The van der Waals surface area contributed by atoms with E-state index >= 15 is 0 Å². The molecule has 1 atom stereocenters. The van der Waals surface area contributed by atoms with Crippen LogP contribution >= 0.6 is 0 Å². The quantitative estimate of drug-likeness (QED) is 0.710. The van der Waals surface area contributed by atoms with Gasteiger partial charge in [0.2, 0.25) is 5.88 Å². The first-order valence-corrected chi connectivity index (χ1v) is 10.2. The molecule has 2 fully saturated rings. The van der Waals surface area contributed by atoms with Gasteiger partial charge in [0, 0.05) is 50.5 Å². The Balaban J connectivity index is 1.29. The van der Waals surface area contributed by atoms with Crippen LogP contribution in [0.4, 0.5) is 5.69 Å². The highest BCUT2D eigenvalue weighted by atomic mass is 16.5. The number of nitrogens with zero attached hydrogens (tertiary/aromatic N) is 5. The van der Waals surface area contributed by atoms with Crippen molar-refractivity contribution < 1.29 is 9.47 Å². The third-order valence-electron chi connectivity index (χ3n) is 5.63. The Kier molecular flexibility index (Phi) is 5.03. The average Bonchev–Trinajstić information content (AvgIpc) is 3.40. The maximum atomic E-state index is 6.10. The van der Waals surface area contributed by atoms with E-state index < -0.39 is 0 Å². The second-order valence-electron chi connectivity index (χ2n) is 7.79. The average molecular weight is 394 g/mol. The van der Waals surface area contributed by atoms with Crippen LogP contribution in [0.1, 0.15) is 17.8 Å². The number of benzene rings is 1. The summed E-state index contributed by atoms with van der Waals surface area (Å²) in [7, 11) is 0. The summed E-state index contributed by atoms with van der Waals surface area (Å²) in [5.74, 6) is 0.653. The number of ether oxygens (including phenoxy) is 2. The van der Waals surface area contributed by atoms with E-state index in [0.29, 0.717) is 12.5 Å². The van der Waals surface area contributed by atoms with Gasteiger partial charge in [-0.25, -0.2) is 9.97 Å². The van der Waals surface area contributed by atoms with Gasteiger partial charge < -0.3 is 14.4 Å². The molecule has 0 bridgehead atoms. The Morgan fingerprint density at radius 2 is 2.07 bits per heavy atom. The van der Waals surface area contributed by atoms with Gasteiger partial charge in [-0.2, -0.15) is 5.10 Å². The summed E-state index contributed by atoms with van der Waals surface area (Å²) in [5.41, 5.74) is 4.32. The molecule has 152 valence electrons. The summed E-state index contributed by atoms with van der Waals surface area (Å²) >= 11 is 0. The van der Waals surface area contributed by atoms with Crippen molar-refractivity contribution in [2.45, 2.75) is 26.0 Å². The molecule has 1 aromatic carbocycles. The van der Waals surface area contributed by atoms with Crippen LogP contribution in [0.3, 0.4) is 0 Å². The largest absolute Gasteiger partial charge is 0.471 e. The van der Waals surface area contributed by atoms with Gasteiger partial charge in [0.1, 0.15) is 12.4 Å². The summed E-state index contributed by atoms with van der Waals surface area (Å²) in [4.78, 5) is 13.7. The molecule has 2 aliphatic rings. The maximum absolute atomic E-state index is 6.10. The minimum absolute atomic E-state index is 0.0750. The van der Waals surface area contributed by atoms with E-state index in [0.717, 1.165) is 68.0 Å². The molecular formula is C21H26N6O2. The zero-order valence-corrected chi connectivity index (χ0v) is 16.7. The number of piperazine rings is 1. The number of aryl methyl sites for hydroxylation is 1. The number of fused-ring (bicyclic) bond motifs is 1. The lowest BCUT2D eigenvalue weighted by atomic mass is 10.1. The number of nitrogens with one attached hydrogen (secondary N) is 1. The second-order valence-corrected chi connectivity index (χ2v) is 7.79. The van der Waals surface area contributed by atoms with E-state index in [1.807, 2.05) is 6.92 Å². The SMILES string of the molecule is Cc1cc(CN2CCN(c3ccc4ncnc(OC5CCOC5)c4c3)CC2)n[nH]1. The van der Waals surface area contributed by atoms with Crippen molar-refractivity contribution in [3.05, 3.63) is 42.0 Å². The molecule has 0 radical (unpaired) electrons. The molecule has 29 heavy (non-hydrogen) atoms. The van der Waals surface area contributed by atoms with Crippen LogP contribution in [0.2, 0.25) is 0 Å². The van der Waals surface area contributed by atoms with Crippen LogP contribution in [0.5, 0.6) is 5.88 Å². The van der Waals surface area contributed by atoms with Crippen LogP contribution in [0, 0.1) is 6.92 Å². The van der Waals surface area contributed by atoms with Gasteiger partial charge in [0.15, 0.2) is 0 Å². The number of anilines is 1. The van der Waals surface area contributed by atoms with E-state index in [-0.39, 0.29) is 6.10 Å². The van der Waals surface area contributed by atoms with Crippen molar-refractivity contribution in [2.75, 3.05) is 44.3 Å². The lowest BCUT2D eigenvalue weighted by molar-refractivity contribution is 0.139. The van der Waals surface area contributed by atoms with Crippen molar-refractivity contribution in [1.82, 2.24) is 25.1 Å². The smallest absolute Gasteiger partial charge is 0.224 e. The van der Waals surface area contributed by atoms with Gasteiger partial charge in [-0.1, -0.05) is 0 Å². The molecule has 3 aromatic rings. The van der Waals surface area contributed by atoms with Gasteiger partial charge >= 0.3 is 0 Å². The molecule has 0 saturated carbocycles. The second kappa shape index (κ2) is 7.96. The van der Waals surface area contributed by atoms with Gasteiger partial charge in [-0.3, -0.25) is 10.00 Å². The maximum Gasteiger partial charge on any atom is 0.224 e. The molecule has 0 aliphatic carbocycles.